The van der Waals surface area contributed by atoms with Gasteiger partial charge in [0, 0.05) is 5.56 Å². The van der Waals surface area contributed by atoms with Gasteiger partial charge >= 0.3 is 6.09 Å². The van der Waals surface area contributed by atoms with Gasteiger partial charge in [-0.25, -0.2) is 4.79 Å². The van der Waals surface area contributed by atoms with Gasteiger partial charge in [0.25, 0.3) is 0 Å². The van der Waals surface area contributed by atoms with Gasteiger partial charge in [-0.05, 0) is 42.9 Å². The zero-order chi connectivity index (χ0) is 17.7. The zero-order valence-corrected chi connectivity index (χ0v) is 14.3. The number of carbonyl (C=O) groups is 2. The van der Waals surface area contributed by atoms with E-state index in [0.717, 1.165) is 29.4 Å². The number of nitrogens with two attached hydrogens (primary N) is 1. The maximum absolute atomic E-state index is 11.0. The summed E-state index contributed by atoms with van der Waals surface area (Å²) in [6.45, 7) is 5.77. The van der Waals surface area contributed by atoms with Gasteiger partial charge < -0.3 is 10.5 Å². The first-order valence-corrected chi connectivity index (χ1v) is 7.95. The number of rotatable bonds is 6. The second-order valence-corrected chi connectivity index (χ2v) is 6.57. The van der Waals surface area contributed by atoms with Crippen LogP contribution in [0, 0.1) is 5.92 Å². The lowest BCUT2D eigenvalue weighted by atomic mass is 9.86. The van der Waals surface area contributed by atoms with Crippen LogP contribution in [0.4, 0.5) is 4.79 Å². The van der Waals surface area contributed by atoms with Gasteiger partial charge in [0.2, 0.25) is 0 Å². The van der Waals surface area contributed by atoms with Crippen molar-refractivity contribution < 1.29 is 14.3 Å². The summed E-state index contributed by atoms with van der Waals surface area (Å²) in [5.74, 6) is 0.109. The summed E-state index contributed by atoms with van der Waals surface area (Å²) in [5, 5.41) is 0. The Labute approximate surface area is 142 Å². The van der Waals surface area contributed by atoms with E-state index in [1.807, 2.05) is 45.0 Å². The molecule has 24 heavy (non-hydrogen) atoms. The average molecular weight is 325 g/mol. The number of carbonyl (C=O) groups excluding carboxylic acids is 2. The van der Waals surface area contributed by atoms with Gasteiger partial charge in [0.1, 0.15) is 11.9 Å². The molecule has 2 rings (SSSR count). The lowest BCUT2D eigenvalue weighted by molar-refractivity contribution is 0.00478. The summed E-state index contributed by atoms with van der Waals surface area (Å²) in [6.07, 6.45) is 0.847. The number of ether oxygens (including phenoxy) is 1. The number of benzene rings is 2. The smallest absolute Gasteiger partial charge is 0.405 e. The van der Waals surface area contributed by atoms with Crippen LogP contribution in [0.5, 0.6) is 0 Å². The molecule has 1 amide bonds. The third-order valence-corrected chi connectivity index (χ3v) is 4.40. The fourth-order valence-electron chi connectivity index (χ4n) is 2.59. The molecule has 0 spiro atoms. The van der Waals surface area contributed by atoms with Crippen molar-refractivity contribution in [2.24, 2.45) is 11.7 Å². The molecular formula is C20H23NO3. The molecule has 0 aliphatic carbocycles. The van der Waals surface area contributed by atoms with Crippen molar-refractivity contribution in [3.05, 3.63) is 59.7 Å². The Kier molecular flexibility index (Phi) is 5.39. The number of hydrogen-bond donors (Lipinski definition) is 1. The zero-order valence-electron chi connectivity index (χ0n) is 14.3. The van der Waals surface area contributed by atoms with Crippen LogP contribution in [-0.2, 0) is 11.2 Å². The van der Waals surface area contributed by atoms with Crippen LogP contribution in [0.15, 0.2) is 48.5 Å². The molecule has 0 aromatic heterocycles. The molecule has 0 aliphatic heterocycles. The number of primary amides is 1. The summed E-state index contributed by atoms with van der Waals surface area (Å²) in [7, 11) is 0. The third-order valence-electron chi connectivity index (χ3n) is 4.40. The maximum Gasteiger partial charge on any atom is 0.405 e. The van der Waals surface area contributed by atoms with Crippen molar-refractivity contribution >= 4 is 12.4 Å². The van der Waals surface area contributed by atoms with Crippen LogP contribution in [0.25, 0.3) is 11.1 Å². The van der Waals surface area contributed by atoms with Crippen LogP contribution in [-0.4, -0.2) is 18.0 Å². The van der Waals surface area contributed by atoms with Crippen LogP contribution < -0.4 is 5.73 Å². The molecular weight excluding hydrogens is 302 g/mol. The number of hydrogen-bond acceptors (Lipinski definition) is 3. The van der Waals surface area contributed by atoms with Crippen molar-refractivity contribution in [3.63, 3.8) is 0 Å². The molecule has 1 atom stereocenters. The van der Waals surface area contributed by atoms with Crippen LogP contribution in [0.1, 0.15) is 36.7 Å². The molecule has 4 heteroatoms. The predicted molar refractivity (Wildman–Crippen MR) is 94.9 cm³/mol. The molecule has 2 N–H and O–H groups in total. The van der Waals surface area contributed by atoms with Crippen LogP contribution in [0.3, 0.4) is 0 Å². The topological polar surface area (TPSA) is 69.4 Å². The van der Waals surface area contributed by atoms with E-state index in [4.69, 9.17) is 10.5 Å². The minimum atomic E-state index is -0.754. The van der Waals surface area contributed by atoms with Crippen molar-refractivity contribution in [2.45, 2.75) is 32.8 Å². The summed E-state index contributed by atoms with van der Waals surface area (Å²) in [5.41, 5.74) is 8.48. The first-order valence-electron chi connectivity index (χ1n) is 7.95. The van der Waals surface area contributed by atoms with Gasteiger partial charge in [-0.3, -0.25) is 4.79 Å². The highest BCUT2D eigenvalue weighted by atomic mass is 16.6. The first-order chi connectivity index (χ1) is 11.3. The number of aldehydes is 1. The monoisotopic (exact) mass is 325 g/mol. The van der Waals surface area contributed by atoms with E-state index in [2.05, 4.69) is 12.1 Å². The van der Waals surface area contributed by atoms with E-state index in [9.17, 15) is 9.59 Å². The molecule has 0 saturated carbocycles. The van der Waals surface area contributed by atoms with Crippen molar-refractivity contribution in [1.82, 2.24) is 0 Å². The molecule has 2 aromatic rings. The Hall–Kier alpha value is -2.62. The van der Waals surface area contributed by atoms with E-state index in [-0.39, 0.29) is 5.92 Å². The first kappa shape index (κ1) is 17.7. The van der Waals surface area contributed by atoms with E-state index in [0.29, 0.717) is 5.56 Å². The van der Waals surface area contributed by atoms with Gasteiger partial charge in [-0.15, -0.1) is 0 Å². The SMILES string of the molecule is CC(Cc1cccc(-c2ccc(C=O)cc2)c1)C(C)(C)OC(N)=O. The van der Waals surface area contributed by atoms with Gasteiger partial charge in [-0.2, -0.15) is 0 Å². The highest BCUT2D eigenvalue weighted by Gasteiger charge is 2.29. The third kappa shape index (κ3) is 4.44. The van der Waals surface area contributed by atoms with E-state index >= 15 is 0 Å². The van der Waals surface area contributed by atoms with E-state index < -0.39 is 11.7 Å². The summed E-state index contributed by atoms with van der Waals surface area (Å²) >= 11 is 0. The normalized spacial score (nSPS) is 12.5. The molecule has 0 aliphatic rings. The highest BCUT2D eigenvalue weighted by molar-refractivity contribution is 5.77. The summed E-state index contributed by atoms with van der Waals surface area (Å²) in [6, 6.07) is 15.7. The van der Waals surface area contributed by atoms with E-state index in [1.165, 1.54) is 0 Å². The molecule has 0 saturated heterocycles. The molecule has 126 valence electrons. The molecule has 0 fully saturated rings. The lowest BCUT2D eigenvalue weighted by Crippen LogP contribution is -2.38. The van der Waals surface area contributed by atoms with Crippen molar-refractivity contribution in [2.75, 3.05) is 0 Å². The molecule has 1 unspecified atom stereocenters. The number of amides is 1. The van der Waals surface area contributed by atoms with Gasteiger partial charge in [-0.1, -0.05) is 55.5 Å². The average Bonchev–Trinajstić information content (AvgIpc) is 2.54. The fourth-order valence-corrected chi connectivity index (χ4v) is 2.59. The Morgan fingerprint density at radius 3 is 2.42 bits per heavy atom. The predicted octanol–water partition coefficient (Wildman–Crippen LogP) is 4.22. The lowest BCUT2D eigenvalue weighted by Gasteiger charge is -2.31. The van der Waals surface area contributed by atoms with Crippen LogP contribution in [0.2, 0.25) is 0 Å². The fraction of sp³-hybridized carbons (Fsp3) is 0.300. The Morgan fingerprint density at radius 2 is 1.83 bits per heavy atom. The highest BCUT2D eigenvalue weighted by Crippen LogP contribution is 2.27. The quantitative estimate of drug-likeness (QED) is 0.808. The van der Waals surface area contributed by atoms with E-state index in [1.54, 1.807) is 12.1 Å². The summed E-state index contributed by atoms with van der Waals surface area (Å²) in [4.78, 5) is 21.8. The van der Waals surface area contributed by atoms with Crippen molar-refractivity contribution in [1.29, 1.82) is 0 Å². The standard InChI is InChI=1S/C20H23NO3/c1-14(20(2,3)24-19(21)23)11-16-5-4-6-18(12-16)17-9-7-15(13-22)8-10-17/h4-10,12-14H,11H2,1-3H3,(H2,21,23). The maximum atomic E-state index is 11.0. The second kappa shape index (κ2) is 7.30. The van der Waals surface area contributed by atoms with Gasteiger partial charge in [0.15, 0.2) is 0 Å². The minimum Gasteiger partial charge on any atom is -0.443 e. The van der Waals surface area contributed by atoms with Crippen LogP contribution >= 0.6 is 0 Å². The Bertz CT molecular complexity index is 720. The van der Waals surface area contributed by atoms with Crippen molar-refractivity contribution in [3.8, 4) is 11.1 Å². The minimum absolute atomic E-state index is 0.109. The summed E-state index contributed by atoms with van der Waals surface area (Å²) < 4.78 is 5.22. The molecule has 4 nitrogen and oxygen atoms in total. The Morgan fingerprint density at radius 1 is 1.17 bits per heavy atom. The second-order valence-electron chi connectivity index (χ2n) is 6.57. The molecule has 0 radical (unpaired) electrons. The largest absolute Gasteiger partial charge is 0.443 e. The van der Waals surface area contributed by atoms with Gasteiger partial charge in [0.05, 0.1) is 0 Å². The molecule has 2 aromatic carbocycles. The molecule has 0 heterocycles. The molecule has 0 bridgehead atoms. The Balaban J connectivity index is 2.17.